The van der Waals surface area contributed by atoms with E-state index in [0.29, 0.717) is 18.4 Å². The fourth-order valence-corrected chi connectivity index (χ4v) is 3.81. The van der Waals surface area contributed by atoms with Crippen LogP contribution in [0.25, 0.3) is 0 Å². The normalized spacial score (nSPS) is 29.7. The minimum Gasteiger partial charge on any atom is -0.459 e. The van der Waals surface area contributed by atoms with Crippen molar-refractivity contribution in [3.8, 4) is 0 Å². The molecular weight excluding hydrogens is 288 g/mol. The predicted octanol–water partition coefficient (Wildman–Crippen LogP) is 2.44. The summed E-state index contributed by atoms with van der Waals surface area (Å²) in [6.07, 6.45) is 2.18. The van der Waals surface area contributed by atoms with E-state index in [-0.39, 0.29) is 5.97 Å². The van der Waals surface area contributed by atoms with E-state index in [4.69, 9.17) is 4.74 Å². The summed E-state index contributed by atoms with van der Waals surface area (Å²) in [6.45, 7) is 8.58. The fourth-order valence-electron chi connectivity index (χ4n) is 3.81. The van der Waals surface area contributed by atoms with Crippen molar-refractivity contribution in [2.45, 2.75) is 38.8 Å². The highest BCUT2D eigenvalue weighted by atomic mass is 16.5. The minimum atomic E-state index is -0.518. The van der Waals surface area contributed by atoms with Gasteiger partial charge in [0.1, 0.15) is 12.1 Å². The number of nitrogens with zero attached hydrogens (tertiary/aromatic N) is 1. The number of benzene rings is 1. The largest absolute Gasteiger partial charge is 0.459 e. The molecule has 2 bridgehead atoms. The number of carbonyl (C=O) groups is 1. The summed E-state index contributed by atoms with van der Waals surface area (Å²) < 4.78 is 5.73. The maximum absolute atomic E-state index is 13.0. The highest BCUT2D eigenvalue weighted by Gasteiger charge is 2.52. The van der Waals surface area contributed by atoms with Crippen LogP contribution in [0, 0.1) is 11.8 Å². The molecule has 3 saturated heterocycles. The molecule has 0 saturated carbocycles. The van der Waals surface area contributed by atoms with Gasteiger partial charge >= 0.3 is 5.97 Å². The molecule has 1 aromatic rings. The van der Waals surface area contributed by atoms with Gasteiger partial charge in [0.25, 0.3) is 0 Å². The van der Waals surface area contributed by atoms with Crippen molar-refractivity contribution < 1.29 is 9.53 Å². The zero-order chi connectivity index (χ0) is 16.3. The van der Waals surface area contributed by atoms with E-state index in [0.717, 1.165) is 44.6 Å². The highest BCUT2D eigenvalue weighted by Crippen LogP contribution is 2.37. The average molecular weight is 316 g/mol. The summed E-state index contributed by atoms with van der Waals surface area (Å²) >= 11 is 0. The van der Waals surface area contributed by atoms with Gasteiger partial charge in [-0.15, -0.1) is 0 Å². The van der Waals surface area contributed by atoms with E-state index in [9.17, 15) is 4.79 Å². The Morgan fingerprint density at radius 2 is 2.00 bits per heavy atom. The zero-order valence-electron chi connectivity index (χ0n) is 14.3. The summed E-state index contributed by atoms with van der Waals surface area (Å²) in [5.41, 5.74) is 0.524. The molecule has 0 spiro atoms. The van der Waals surface area contributed by atoms with Gasteiger partial charge in [-0.1, -0.05) is 44.2 Å². The van der Waals surface area contributed by atoms with Crippen LogP contribution in [0.4, 0.5) is 0 Å². The zero-order valence-corrected chi connectivity index (χ0v) is 14.3. The van der Waals surface area contributed by atoms with Crippen molar-refractivity contribution in [3.63, 3.8) is 0 Å². The first-order chi connectivity index (χ1) is 11.1. The second-order valence-corrected chi connectivity index (χ2v) is 7.36. The summed E-state index contributed by atoms with van der Waals surface area (Å²) in [7, 11) is 0. The molecule has 0 aliphatic carbocycles. The van der Waals surface area contributed by atoms with Gasteiger partial charge in [-0.2, -0.15) is 0 Å². The molecule has 0 amide bonds. The highest BCUT2D eigenvalue weighted by molar-refractivity contribution is 5.82. The third-order valence-corrected chi connectivity index (χ3v) is 5.16. The molecule has 3 aliphatic heterocycles. The number of ether oxygens (including phenoxy) is 1. The number of piperidine rings is 3. The molecule has 3 fully saturated rings. The number of hydrogen-bond donors (Lipinski definition) is 1. The van der Waals surface area contributed by atoms with Crippen molar-refractivity contribution >= 4 is 5.97 Å². The summed E-state index contributed by atoms with van der Waals surface area (Å²) in [6, 6.07) is 9.93. The molecule has 4 nitrogen and oxygen atoms in total. The average Bonchev–Trinajstić information content (AvgIpc) is 2.59. The van der Waals surface area contributed by atoms with Crippen LogP contribution in [0.15, 0.2) is 30.3 Å². The van der Waals surface area contributed by atoms with Gasteiger partial charge in [-0.3, -0.25) is 0 Å². The first-order valence-electron chi connectivity index (χ1n) is 8.79. The number of fused-ring (bicyclic) bond motifs is 3. The molecule has 126 valence electrons. The number of rotatable bonds is 6. The molecule has 1 atom stereocenters. The first-order valence-corrected chi connectivity index (χ1v) is 8.79. The van der Waals surface area contributed by atoms with E-state index in [1.807, 2.05) is 30.3 Å². The molecule has 4 rings (SSSR count). The lowest BCUT2D eigenvalue weighted by Crippen LogP contribution is -2.70. The minimum absolute atomic E-state index is 0.0728. The van der Waals surface area contributed by atoms with Crippen molar-refractivity contribution in [2.75, 3.05) is 26.2 Å². The monoisotopic (exact) mass is 316 g/mol. The summed E-state index contributed by atoms with van der Waals surface area (Å²) in [5, 5.41) is 3.59. The van der Waals surface area contributed by atoms with Crippen LogP contribution in [0.1, 0.15) is 32.3 Å². The predicted molar refractivity (Wildman–Crippen MR) is 91.0 cm³/mol. The second-order valence-electron chi connectivity index (χ2n) is 7.36. The molecular formula is C19H28N2O2. The summed E-state index contributed by atoms with van der Waals surface area (Å²) in [5.74, 6) is 0.843. The third kappa shape index (κ3) is 3.59. The molecule has 4 heteroatoms. The SMILES string of the molecule is CC(C)CNC1(C(=O)OCc2ccccc2)CN2CCC1CC2. The Balaban J connectivity index is 1.71. The van der Waals surface area contributed by atoms with Gasteiger partial charge in [0.15, 0.2) is 0 Å². The topological polar surface area (TPSA) is 41.6 Å². The van der Waals surface area contributed by atoms with Crippen molar-refractivity contribution in [2.24, 2.45) is 11.8 Å². The number of carbonyl (C=O) groups excluding carboxylic acids is 1. The van der Waals surface area contributed by atoms with Gasteiger partial charge in [-0.25, -0.2) is 4.79 Å². The van der Waals surface area contributed by atoms with E-state index < -0.39 is 5.54 Å². The fraction of sp³-hybridized carbons (Fsp3) is 0.632. The summed E-state index contributed by atoms with van der Waals surface area (Å²) in [4.78, 5) is 15.4. The molecule has 0 aromatic heterocycles. The van der Waals surface area contributed by atoms with Crippen molar-refractivity contribution in [3.05, 3.63) is 35.9 Å². The van der Waals surface area contributed by atoms with Crippen LogP contribution in [0.5, 0.6) is 0 Å². The van der Waals surface area contributed by atoms with Crippen LogP contribution in [-0.2, 0) is 16.1 Å². The van der Waals surface area contributed by atoms with Crippen LogP contribution >= 0.6 is 0 Å². The first kappa shape index (κ1) is 16.5. The lowest BCUT2D eigenvalue weighted by molar-refractivity contribution is -0.162. The Morgan fingerprint density at radius 1 is 1.30 bits per heavy atom. The molecule has 0 radical (unpaired) electrons. The Morgan fingerprint density at radius 3 is 2.57 bits per heavy atom. The van der Waals surface area contributed by atoms with Crippen LogP contribution < -0.4 is 5.32 Å². The van der Waals surface area contributed by atoms with E-state index >= 15 is 0 Å². The molecule has 1 unspecified atom stereocenters. The maximum atomic E-state index is 13.0. The number of nitrogens with one attached hydrogen (secondary N) is 1. The van der Waals surface area contributed by atoms with Crippen LogP contribution in [-0.4, -0.2) is 42.6 Å². The van der Waals surface area contributed by atoms with E-state index in [1.165, 1.54) is 0 Å². The Labute approximate surface area is 139 Å². The number of esters is 1. The smallest absolute Gasteiger partial charge is 0.328 e. The maximum Gasteiger partial charge on any atom is 0.328 e. The van der Waals surface area contributed by atoms with Crippen molar-refractivity contribution in [1.29, 1.82) is 0 Å². The van der Waals surface area contributed by atoms with Gasteiger partial charge < -0.3 is 15.0 Å². The van der Waals surface area contributed by atoms with E-state index in [1.54, 1.807) is 0 Å². The van der Waals surface area contributed by atoms with Gasteiger partial charge in [0, 0.05) is 6.54 Å². The lowest BCUT2D eigenvalue weighted by Gasteiger charge is -2.52. The quantitative estimate of drug-likeness (QED) is 0.819. The molecule has 1 N–H and O–H groups in total. The Kier molecular flexibility index (Phi) is 5.02. The van der Waals surface area contributed by atoms with Crippen LogP contribution in [0.3, 0.4) is 0 Å². The lowest BCUT2D eigenvalue weighted by atomic mass is 9.72. The Bertz CT molecular complexity index is 523. The standard InChI is InChI=1S/C19H28N2O2/c1-15(2)12-20-19(14-21-10-8-17(19)9-11-21)18(22)23-13-16-6-4-3-5-7-16/h3-7,15,17,20H,8-14H2,1-2H3. The molecule has 1 aromatic carbocycles. The Hall–Kier alpha value is -1.39. The van der Waals surface area contributed by atoms with Gasteiger partial charge in [0.05, 0.1) is 0 Å². The second kappa shape index (κ2) is 7.02. The third-order valence-electron chi connectivity index (χ3n) is 5.16. The van der Waals surface area contributed by atoms with Gasteiger partial charge in [-0.05, 0) is 49.9 Å². The van der Waals surface area contributed by atoms with Crippen molar-refractivity contribution in [1.82, 2.24) is 10.2 Å². The number of hydrogen-bond acceptors (Lipinski definition) is 4. The molecule has 3 heterocycles. The van der Waals surface area contributed by atoms with Crippen LogP contribution in [0.2, 0.25) is 0 Å². The van der Waals surface area contributed by atoms with E-state index in [2.05, 4.69) is 24.1 Å². The molecule has 3 aliphatic rings. The van der Waals surface area contributed by atoms with Gasteiger partial charge in [0.2, 0.25) is 0 Å². The molecule has 23 heavy (non-hydrogen) atoms.